The molecular weight excluding hydrogens is 472 g/mol. The van der Waals surface area contributed by atoms with E-state index in [0.29, 0.717) is 33.3 Å². The molecule has 0 atom stereocenters. The van der Waals surface area contributed by atoms with Gasteiger partial charge in [0.1, 0.15) is 22.7 Å². The highest BCUT2D eigenvalue weighted by Gasteiger charge is 2.21. The van der Waals surface area contributed by atoms with Crippen molar-refractivity contribution in [2.24, 2.45) is 5.73 Å². The molecule has 1 aliphatic heterocycles. The molecule has 0 saturated carbocycles. The number of ether oxygens (including phenoxy) is 1. The Balaban J connectivity index is 0.000000136. The van der Waals surface area contributed by atoms with E-state index >= 15 is 0 Å². The van der Waals surface area contributed by atoms with Crippen molar-refractivity contribution < 1.29 is 13.9 Å². The van der Waals surface area contributed by atoms with Gasteiger partial charge < -0.3 is 25.2 Å². The Labute approximate surface area is 208 Å². The quantitative estimate of drug-likeness (QED) is 0.272. The summed E-state index contributed by atoms with van der Waals surface area (Å²) in [5.41, 5.74) is 8.12. The molecule has 0 bridgehead atoms. The molecule has 3 heterocycles. The topological polar surface area (TPSA) is 140 Å². The van der Waals surface area contributed by atoms with Crippen LogP contribution in [0, 0.1) is 0 Å². The maximum atomic E-state index is 12.4. The number of aromatic nitrogens is 2. The van der Waals surface area contributed by atoms with Gasteiger partial charge in [-0.15, -0.1) is 0 Å². The first-order valence-electron chi connectivity index (χ1n) is 11.3. The number of hydrogen-bond donors (Lipinski definition) is 3. The highest BCUT2D eigenvalue weighted by Crippen LogP contribution is 2.43. The smallest absolute Gasteiger partial charge is 0.345 e. The summed E-state index contributed by atoms with van der Waals surface area (Å²) >= 11 is 0. The molecule has 7 rings (SSSR count). The van der Waals surface area contributed by atoms with Crippen molar-refractivity contribution in [2.45, 2.75) is 0 Å². The number of hydrogen-bond acceptors (Lipinski definition) is 6. The van der Waals surface area contributed by atoms with Crippen molar-refractivity contribution >= 4 is 44.6 Å². The van der Waals surface area contributed by atoms with E-state index in [2.05, 4.69) is 15.3 Å². The maximum Gasteiger partial charge on any atom is 0.345 e. The molecule has 1 aliphatic rings. The standard InChI is InChI=1S/C14H10N2O3.C14H8N2O2/c15-14(18)16-9-5-3-7-11-12(9)13(17)8-4-1-2-6-10(8)19-11;17-14-15-9-5-3-7-11-12(9)13(16-14)8-4-1-2-6-10(8)18-11/h1-7H,(H3,15,16,18);1-7H,(H,15,16,17). The van der Waals surface area contributed by atoms with Gasteiger partial charge in [0.15, 0.2) is 0 Å². The number of urea groups is 1. The summed E-state index contributed by atoms with van der Waals surface area (Å²) < 4.78 is 11.5. The van der Waals surface area contributed by atoms with Crippen LogP contribution in [0.4, 0.5) is 10.5 Å². The second-order valence-corrected chi connectivity index (χ2v) is 8.26. The number of primary amides is 1. The Morgan fingerprint density at radius 3 is 2.41 bits per heavy atom. The van der Waals surface area contributed by atoms with Crippen molar-refractivity contribution in [2.75, 3.05) is 5.32 Å². The molecule has 0 unspecified atom stereocenters. The van der Waals surface area contributed by atoms with Crippen LogP contribution in [0.1, 0.15) is 0 Å². The third-order valence-electron chi connectivity index (χ3n) is 5.94. The van der Waals surface area contributed by atoms with Gasteiger partial charge in [0.25, 0.3) is 0 Å². The van der Waals surface area contributed by atoms with Crippen LogP contribution in [0.3, 0.4) is 0 Å². The van der Waals surface area contributed by atoms with Crippen LogP contribution in [0.25, 0.3) is 44.1 Å². The number of rotatable bonds is 1. The first kappa shape index (κ1) is 22.1. The SMILES string of the molecule is NC(=O)Nc1cccc2oc3ccccc3c(=O)c12.O=c1nc2c3c(cccc3[nH]1)Oc1ccccc1-2. The number of aromatic amines is 1. The van der Waals surface area contributed by atoms with E-state index < -0.39 is 6.03 Å². The molecule has 0 radical (unpaired) electrons. The zero-order valence-corrected chi connectivity index (χ0v) is 19.1. The fourth-order valence-electron chi connectivity index (χ4n) is 4.41. The van der Waals surface area contributed by atoms with Crippen LogP contribution in [-0.4, -0.2) is 16.0 Å². The maximum absolute atomic E-state index is 12.4. The molecule has 4 N–H and O–H groups in total. The van der Waals surface area contributed by atoms with E-state index in [4.69, 9.17) is 14.9 Å². The van der Waals surface area contributed by atoms with E-state index in [1.807, 2.05) is 42.5 Å². The monoisotopic (exact) mass is 490 g/mol. The van der Waals surface area contributed by atoms with Crippen LogP contribution in [-0.2, 0) is 0 Å². The third kappa shape index (κ3) is 3.84. The molecule has 180 valence electrons. The summed E-state index contributed by atoms with van der Waals surface area (Å²) in [6, 6.07) is 24.4. The van der Waals surface area contributed by atoms with Gasteiger partial charge in [0.2, 0.25) is 5.43 Å². The van der Waals surface area contributed by atoms with E-state index in [0.717, 1.165) is 28.0 Å². The normalized spacial score (nSPS) is 11.4. The summed E-state index contributed by atoms with van der Waals surface area (Å²) in [6.07, 6.45) is 0. The number of fused-ring (bicyclic) bond motifs is 4. The van der Waals surface area contributed by atoms with Crippen LogP contribution in [0.15, 0.2) is 98.9 Å². The van der Waals surface area contributed by atoms with Crippen molar-refractivity contribution in [1.29, 1.82) is 0 Å². The number of nitrogens with one attached hydrogen (secondary N) is 2. The molecule has 4 aromatic carbocycles. The highest BCUT2D eigenvalue weighted by molar-refractivity contribution is 6.02. The number of H-pyrrole nitrogens is 1. The summed E-state index contributed by atoms with van der Waals surface area (Å²) in [5, 5.41) is 4.08. The Hall–Kier alpha value is -5.44. The third-order valence-corrected chi connectivity index (χ3v) is 5.94. The predicted molar refractivity (Wildman–Crippen MR) is 141 cm³/mol. The number of benzene rings is 4. The van der Waals surface area contributed by atoms with Crippen molar-refractivity contribution in [3.8, 4) is 22.8 Å². The molecule has 2 amide bonds. The van der Waals surface area contributed by atoms with E-state index in [9.17, 15) is 14.4 Å². The first-order chi connectivity index (χ1) is 18.0. The lowest BCUT2D eigenvalue weighted by molar-refractivity contribution is 0.259. The van der Waals surface area contributed by atoms with E-state index in [1.165, 1.54) is 0 Å². The van der Waals surface area contributed by atoms with Crippen LogP contribution < -0.4 is 26.9 Å². The molecule has 0 aliphatic carbocycles. The largest absolute Gasteiger partial charge is 0.456 e. The molecule has 37 heavy (non-hydrogen) atoms. The fraction of sp³-hybridized carbons (Fsp3) is 0. The van der Waals surface area contributed by atoms with Gasteiger partial charge >= 0.3 is 11.7 Å². The molecule has 6 aromatic rings. The molecule has 0 fully saturated rings. The average molecular weight is 490 g/mol. The lowest BCUT2D eigenvalue weighted by atomic mass is 10.0. The number of para-hydroxylation sites is 2. The summed E-state index contributed by atoms with van der Waals surface area (Å²) in [4.78, 5) is 41.8. The van der Waals surface area contributed by atoms with E-state index in [-0.39, 0.29) is 11.1 Å². The molecule has 0 spiro atoms. The lowest BCUT2D eigenvalue weighted by Crippen LogP contribution is -2.20. The Kier molecular flexibility index (Phi) is 5.16. The van der Waals surface area contributed by atoms with Crippen molar-refractivity contribution in [3.05, 3.63) is 106 Å². The zero-order chi connectivity index (χ0) is 25.5. The van der Waals surface area contributed by atoms with Gasteiger partial charge in [-0.1, -0.05) is 36.4 Å². The summed E-state index contributed by atoms with van der Waals surface area (Å²) in [6.45, 7) is 0. The summed E-state index contributed by atoms with van der Waals surface area (Å²) in [7, 11) is 0. The molecule has 0 saturated heterocycles. The first-order valence-corrected chi connectivity index (χ1v) is 11.3. The predicted octanol–water partition coefficient (Wildman–Crippen LogP) is 5.13. The molecule has 9 nitrogen and oxygen atoms in total. The number of amides is 2. The van der Waals surface area contributed by atoms with Crippen molar-refractivity contribution in [3.63, 3.8) is 0 Å². The Morgan fingerprint density at radius 1 is 0.811 bits per heavy atom. The van der Waals surface area contributed by atoms with Crippen LogP contribution in [0.5, 0.6) is 11.5 Å². The zero-order valence-electron chi connectivity index (χ0n) is 19.1. The fourth-order valence-corrected chi connectivity index (χ4v) is 4.41. The number of anilines is 1. The number of nitrogens with zero attached hydrogens (tertiary/aromatic N) is 1. The molecular formula is C28H18N4O5. The summed E-state index contributed by atoms with van der Waals surface area (Å²) in [5.74, 6) is 1.46. The van der Waals surface area contributed by atoms with Gasteiger partial charge in [-0.05, 0) is 48.5 Å². The van der Waals surface area contributed by atoms with Gasteiger partial charge in [0.05, 0.1) is 33.1 Å². The second-order valence-electron chi connectivity index (χ2n) is 8.26. The minimum Gasteiger partial charge on any atom is -0.456 e. The number of carbonyl (C=O) groups excluding carboxylic acids is 1. The lowest BCUT2D eigenvalue weighted by Gasteiger charge is -2.19. The number of carbonyl (C=O) groups is 1. The van der Waals surface area contributed by atoms with Gasteiger partial charge in [0, 0.05) is 5.56 Å². The van der Waals surface area contributed by atoms with E-state index in [1.54, 1.807) is 42.5 Å². The molecule has 9 heteroatoms. The minimum atomic E-state index is -0.722. The highest BCUT2D eigenvalue weighted by atomic mass is 16.5. The Morgan fingerprint density at radius 2 is 1.54 bits per heavy atom. The Bertz CT molecular complexity index is 1980. The van der Waals surface area contributed by atoms with Crippen LogP contribution in [0.2, 0.25) is 0 Å². The van der Waals surface area contributed by atoms with Gasteiger partial charge in [-0.25, -0.2) is 9.59 Å². The van der Waals surface area contributed by atoms with Crippen LogP contribution >= 0.6 is 0 Å². The van der Waals surface area contributed by atoms with Crippen molar-refractivity contribution in [1.82, 2.24) is 9.97 Å². The van der Waals surface area contributed by atoms with Gasteiger partial charge in [-0.2, -0.15) is 4.98 Å². The average Bonchev–Trinajstić information content (AvgIpc) is 2.89. The second kappa shape index (κ2) is 8.65. The minimum absolute atomic E-state index is 0.193. The van der Waals surface area contributed by atoms with Gasteiger partial charge in [-0.3, -0.25) is 4.79 Å². The molecule has 2 aromatic heterocycles. The number of nitrogens with two attached hydrogens (primary N) is 1.